The smallest absolute Gasteiger partial charge is 0.153 e. The zero-order chi connectivity index (χ0) is 19.6. The first kappa shape index (κ1) is 18.1. The molecule has 1 aromatic heterocycles. The summed E-state index contributed by atoms with van der Waals surface area (Å²) >= 11 is 6.30. The lowest BCUT2D eigenvalue weighted by Crippen LogP contribution is -2.49. The summed E-state index contributed by atoms with van der Waals surface area (Å²) in [6.07, 6.45) is 1.65. The molecule has 2 aliphatic rings. The average molecular weight is 410 g/mol. The fourth-order valence-corrected chi connectivity index (χ4v) is 3.82. The average Bonchev–Trinajstić information content (AvgIpc) is 3.21. The summed E-state index contributed by atoms with van der Waals surface area (Å²) in [5.41, 5.74) is 1.76. The summed E-state index contributed by atoms with van der Waals surface area (Å²) < 4.78 is 7.91. The highest BCUT2D eigenvalue weighted by Crippen LogP contribution is 2.38. The molecule has 148 valence electrons. The Morgan fingerprint density at radius 1 is 0.966 bits per heavy atom. The van der Waals surface area contributed by atoms with Crippen LogP contribution in [-0.2, 0) is 6.54 Å². The zero-order valence-electron chi connectivity index (χ0n) is 15.8. The number of hydrogen-bond acceptors (Lipinski definition) is 7. The summed E-state index contributed by atoms with van der Waals surface area (Å²) in [7, 11) is 0. The number of fused-ring (bicyclic) bond motifs is 2. The number of benzene rings is 2. The molecular formula is C20H20ClN7O. The van der Waals surface area contributed by atoms with E-state index in [-0.39, 0.29) is 0 Å². The van der Waals surface area contributed by atoms with Gasteiger partial charge in [-0.25, -0.2) is 9.67 Å². The number of halogens is 1. The van der Waals surface area contributed by atoms with Crippen molar-refractivity contribution in [2.45, 2.75) is 6.54 Å². The monoisotopic (exact) mass is 409 g/mol. The molecule has 0 radical (unpaired) electrons. The molecule has 0 bridgehead atoms. The van der Waals surface area contributed by atoms with Gasteiger partial charge in [0.25, 0.3) is 0 Å². The fourth-order valence-electron chi connectivity index (χ4n) is 3.65. The maximum Gasteiger partial charge on any atom is 0.153 e. The van der Waals surface area contributed by atoms with Crippen LogP contribution in [0.25, 0.3) is 0 Å². The number of amidine groups is 1. The summed E-state index contributed by atoms with van der Waals surface area (Å²) in [6.45, 7) is 5.34. The minimum Gasteiger partial charge on any atom is -0.454 e. The normalized spacial score (nSPS) is 16.4. The Kier molecular flexibility index (Phi) is 4.87. The van der Waals surface area contributed by atoms with Gasteiger partial charge in [-0.3, -0.25) is 4.90 Å². The van der Waals surface area contributed by atoms with Crippen molar-refractivity contribution in [2.75, 3.05) is 32.7 Å². The molecule has 9 heteroatoms. The quantitative estimate of drug-likeness (QED) is 0.662. The summed E-state index contributed by atoms with van der Waals surface area (Å²) in [6, 6.07) is 13.6. The fraction of sp³-hybridized carbons (Fsp3) is 0.300. The third-order valence-electron chi connectivity index (χ3n) is 5.20. The molecule has 0 atom stereocenters. The van der Waals surface area contributed by atoms with Gasteiger partial charge in [0.2, 0.25) is 0 Å². The predicted molar refractivity (Wildman–Crippen MR) is 110 cm³/mol. The van der Waals surface area contributed by atoms with Gasteiger partial charge >= 0.3 is 0 Å². The van der Waals surface area contributed by atoms with Gasteiger partial charge in [0.1, 0.15) is 23.6 Å². The SMILES string of the molecule is Clc1ccc2c(c1)C(N1CCN(CCn3cnnn3)CC1)=Nc1ccccc1O2. The predicted octanol–water partition coefficient (Wildman–Crippen LogP) is 2.83. The van der Waals surface area contributed by atoms with E-state index in [1.54, 1.807) is 11.0 Å². The van der Waals surface area contributed by atoms with Crippen molar-refractivity contribution in [3.05, 3.63) is 59.4 Å². The molecule has 2 aromatic carbocycles. The summed E-state index contributed by atoms with van der Waals surface area (Å²) in [5.74, 6) is 2.44. The molecule has 0 amide bonds. The van der Waals surface area contributed by atoms with Crippen molar-refractivity contribution < 1.29 is 4.74 Å². The van der Waals surface area contributed by atoms with E-state index >= 15 is 0 Å². The number of para-hydroxylation sites is 2. The van der Waals surface area contributed by atoms with E-state index in [0.717, 1.165) is 67.9 Å². The number of rotatable bonds is 3. The Balaban J connectivity index is 1.37. The summed E-state index contributed by atoms with van der Waals surface area (Å²) in [5, 5.41) is 12.0. The van der Waals surface area contributed by atoms with E-state index in [1.807, 2.05) is 42.5 Å². The molecule has 3 aromatic rings. The Morgan fingerprint density at radius 2 is 1.83 bits per heavy atom. The van der Waals surface area contributed by atoms with Gasteiger partial charge in [-0.1, -0.05) is 23.7 Å². The van der Waals surface area contributed by atoms with Crippen LogP contribution in [-0.4, -0.2) is 68.6 Å². The Hall–Kier alpha value is -2.97. The number of aliphatic imine (C=N–C) groups is 1. The molecule has 29 heavy (non-hydrogen) atoms. The number of nitrogens with zero attached hydrogens (tertiary/aromatic N) is 7. The van der Waals surface area contributed by atoms with E-state index in [0.29, 0.717) is 5.02 Å². The molecule has 0 unspecified atom stereocenters. The van der Waals surface area contributed by atoms with Crippen LogP contribution in [0.4, 0.5) is 5.69 Å². The first-order valence-electron chi connectivity index (χ1n) is 9.60. The van der Waals surface area contributed by atoms with Crippen LogP contribution in [0.2, 0.25) is 5.02 Å². The molecule has 5 rings (SSSR count). The minimum absolute atomic E-state index is 0.672. The lowest BCUT2D eigenvalue weighted by molar-refractivity contribution is 0.175. The molecule has 8 nitrogen and oxygen atoms in total. The van der Waals surface area contributed by atoms with E-state index in [9.17, 15) is 0 Å². The molecule has 2 aliphatic heterocycles. The van der Waals surface area contributed by atoms with Crippen molar-refractivity contribution >= 4 is 23.1 Å². The van der Waals surface area contributed by atoms with Gasteiger partial charge in [0.15, 0.2) is 5.75 Å². The van der Waals surface area contributed by atoms with Gasteiger partial charge in [0.05, 0.1) is 12.1 Å². The van der Waals surface area contributed by atoms with Crippen LogP contribution in [0.15, 0.2) is 53.8 Å². The second kappa shape index (κ2) is 7.81. The van der Waals surface area contributed by atoms with Crippen LogP contribution in [0.5, 0.6) is 11.5 Å². The van der Waals surface area contributed by atoms with Gasteiger partial charge in [-0.15, -0.1) is 5.10 Å². The van der Waals surface area contributed by atoms with Gasteiger partial charge in [0, 0.05) is 37.7 Å². The molecule has 1 saturated heterocycles. The first-order chi connectivity index (χ1) is 14.3. The molecule has 0 aliphatic carbocycles. The Bertz CT molecular complexity index is 1030. The van der Waals surface area contributed by atoms with Crippen LogP contribution in [0.3, 0.4) is 0 Å². The lowest BCUT2D eigenvalue weighted by atomic mass is 10.1. The molecule has 0 spiro atoms. The Morgan fingerprint density at radius 3 is 2.66 bits per heavy atom. The standard InChI is InChI=1S/C20H20ClN7O/c21-15-5-6-18-16(13-15)20(23-17-3-1-2-4-19(17)29-18)27-10-7-26(8-11-27)9-12-28-14-22-24-25-28/h1-6,13-14H,7-12H2. The number of piperazine rings is 1. The highest BCUT2D eigenvalue weighted by molar-refractivity contribution is 6.31. The van der Waals surface area contributed by atoms with E-state index in [2.05, 4.69) is 25.3 Å². The lowest BCUT2D eigenvalue weighted by Gasteiger charge is -2.36. The largest absolute Gasteiger partial charge is 0.454 e. The Labute approximate surface area is 173 Å². The van der Waals surface area contributed by atoms with Gasteiger partial charge < -0.3 is 9.64 Å². The van der Waals surface area contributed by atoms with Crippen LogP contribution in [0.1, 0.15) is 5.56 Å². The highest BCUT2D eigenvalue weighted by Gasteiger charge is 2.26. The van der Waals surface area contributed by atoms with Gasteiger partial charge in [-0.05, 0) is 40.8 Å². The van der Waals surface area contributed by atoms with Crippen LogP contribution >= 0.6 is 11.6 Å². The van der Waals surface area contributed by atoms with Crippen molar-refractivity contribution in [3.63, 3.8) is 0 Å². The third kappa shape index (κ3) is 3.81. The molecule has 0 N–H and O–H groups in total. The second-order valence-electron chi connectivity index (χ2n) is 7.05. The van der Waals surface area contributed by atoms with Crippen molar-refractivity contribution in [3.8, 4) is 11.5 Å². The first-order valence-corrected chi connectivity index (χ1v) is 9.98. The zero-order valence-corrected chi connectivity index (χ0v) is 16.5. The highest BCUT2D eigenvalue weighted by atomic mass is 35.5. The van der Waals surface area contributed by atoms with E-state index in [4.69, 9.17) is 21.3 Å². The third-order valence-corrected chi connectivity index (χ3v) is 5.44. The maximum atomic E-state index is 6.30. The van der Waals surface area contributed by atoms with Crippen molar-refractivity contribution in [1.82, 2.24) is 30.0 Å². The van der Waals surface area contributed by atoms with E-state index in [1.165, 1.54) is 0 Å². The van der Waals surface area contributed by atoms with Crippen molar-refractivity contribution in [2.24, 2.45) is 4.99 Å². The molecule has 0 saturated carbocycles. The number of aromatic nitrogens is 4. The second-order valence-corrected chi connectivity index (χ2v) is 7.48. The maximum absolute atomic E-state index is 6.30. The van der Waals surface area contributed by atoms with E-state index < -0.39 is 0 Å². The summed E-state index contributed by atoms with van der Waals surface area (Å²) in [4.78, 5) is 9.70. The van der Waals surface area contributed by atoms with Crippen molar-refractivity contribution in [1.29, 1.82) is 0 Å². The topological polar surface area (TPSA) is 71.7 Å². The number of hydrogen-bond donors (Lipinski definition) is 0. The van der Waals surface area contributed by atoms with Crippen LogP contribution < -0.4 is 4.74 Å². The number of tetrazole rings is 1. The van der Waals surface area contributed by atoms with Gasteiger partial charge in [-0.2, -0.15) is 0 Å². The minimum atomic E-state index is 0.672. The molecule has 3 heterocycles. The number of ether oxygens (including phenoxy) is 1. The molecular weight excluding hydrogens is 390 g/mol. The van der Waals surface area contributed by atoms with Crippen LogP contribution in [0, 0.1) is 0 Å². The molecule has 1 fully saturated rings.